The lowest BCUT2D eigenvalue weighted by Gasteiger charge is -2.26. The van der Waals surface area contributed by atoms with Crippen molar-refractivity contribution in [2.45, 2.75) is 24.7 Å². The summed E-state index contributed by atoms with van der Waals surface area (Å²) in [6.45, 7) is 9.88. The summed E-state index contributed by atoms with van der Waals surface area (Å²) in [6.07, 6.45) is 2.33. The summed E-state index contributed by atoms with van der Waals surface area (Å²) in [5.41, 5.74) is 0. The Morgan fingerprint density at radius 3 is 2.72 bits per heavy atom. The van der Waals surface area contributed by atoms with Crippen LogP contribution in [0.1, 0.15) is 19.8 Å². The van der Waals surface area contributed by atoms with E-state index in [4.69, 9.17) is 4.74 Å². The number of benzene rings is 1. The van der Waals surface area contributed by atoms with Crippen LogP contribution in [0.15, 0.2) is 40.2 Å². The number of ether oxygens (including phenoxy) is 1. The molecule has 0 bridgehead atoms. The summed E-state index contributed by atoms with van der Waals surface area (Å²) in [6, 6.07) is 10.5. The highest BCUT2D eigenvalue weighted by Crippen LogP contribution is 2.15. The van der Waals surface area contributed by atoms with Gasteiger partial charge in [-0.1, -0.05) is 18.2 Å². The Hall–Kier alpha value is -1.24. The molecule has 1 fully saturated rings. The van der Waals surface area contributed by atoms with Gasteiger partial charge in [0.15, 0.2) is 5.96 Å². The number of rotatable bonds is 10. The second-order valence-electron chi connectivity index (χ2n) is 6.01. The number of nitrogens with one attached hydrogen (secondary N) is 2. The predicted octanol–water partition coefficient (Wildman–Crippen LogP) is 2.45. The molecule has 140 valence electrons. The molecule has 1 aromatic carbocycles. The summed E-state index contributed by atoms with van der Waals surface area (Å²) >= 11 is 1.87. The molecule has 1 heterocycles. The first-order chi connectivity index (χ1) is 12.4. The quantitative estimate of drug-likeness (QED) is 0.289. The van der Waals surface area contributed by atoms with Crippen LogP contribution in [0.25, 0.3) is 0 Å². The van der Waals surface area contributed by atoms with Crippen molar-refractivity contribution in [2.24, 2.45) is 4.99 Å². The fraction of sp³-hybridized carbons (Fsp3) is 0.632. The highest BCUT2D eigenvalue weighted by molar-refractivity contribution is 7.99. The Bertz CT molecular complexity index is 478. The van der Waals surface area contributed by atoms with Gasteiger partial charge in [0.2, 0.25) is 0 Å². The maximum Gasteiger partial charge on any atom is 0.191 e. The Kier molecular flexibility index (Phi) is 10.5. The monoisotopic (exact) mass is 364 g/mol. The maximum absolute atomic E-state index is 5.38. The highest BCUT2D eigenvalue weighted by atomic mass is 32.2. The molecular formula is C19H32N4OS. The molecule has 0 radical (unpaired) electrons. The Morgan fingerprint density at radius 1 is 1.16 bits per heavy atom. The molecule has 2 N–H and O–H groups in total. The molecule has 1 saturated heterocycles. The highest BCUT2D eigenvalue weighted by Gasteiger charge is 2.08. The van der Waals surface area contributed by atoms with Crippen LogP contribution < -0.4 is 10.6 Å². The summed E-state index contributed by atoms with van der Waals surface area (Å²) in [4.78, 5) is 8.48. The van der Waals surface area contributed by atoms with Crippen molar-refractivity contribution in [3.8, 4) is 0 Å². The van der Waals surface area contributed by atoms with Gasteiger partial charge in [-0.05, 0) is 38.4 Å². The van der Waals surface area contributed by atoms with E-state index < -0.39 is 0 Å². The van der Waals surface area contributed by atoms with Crippen molar-refractivity contribution in [1.29, 1.82) is 0 Å². The van der Waals surface area contributed by atoms with Crippen LogP contribution in [0.5, 0.6) is 0 Å². The minimum absolute atomic E-state index is 0.880. The lowest BCUT2D eigenvalue weighted by atomic mass is 10.3. The van der Waals surface area contributed by atoms with Gasteiger partial charge in [0.05, 0.1) is 13.2 Å². The number of guanidine groups is 1. The van der Waals surface area contributed by atoms with E-state index in [2.05, 4.69) is 57.8 Å². The van der Waals surface area contributed by atoms with Gasteiger partial charge in [0.1, 0.15) is 0 Å². The molecule has 0 saturated carbocycles. The molecule has 0 aliphatic carbocycles. The van der Waals surface area contributed by atoms with Gasteiger partial charge in [-0.25, -0.2) is 0 Å². The van der Waals surface area contributed by atoms with E-state index in [0.717, 1.165) is 70.6 Å². The number of aliphatic imine (C=N–C) groups is 1. The zero-order valence-corrected chi connectivity index (χ0v) is 16.2. The van der Waals surface area contributed by atoms with Crippen molar-refractivity contribution >= 4 is 17.7 Å². The van der Waals surface area contributed by atoms with Crippen LogP contribution in [-0.2, 0) is 4.74 Å². The molecule has 2 rings (SSSR count). The number of hydrogen-bond acceptors (Lipinski definition) is 4. The van der Waals surface area contributed by atoms with E-state index in [-0.39, 0.29) is 0 Å². The van der Waals surface area contributed by atoms with Crippen LogP contribution in [0.4, 0.5) is 0 Å². The van der Waals surface area contributed by atoms with Crippen molar-refractivity contribution < 1.29 is 4.74 Å². The van der Waals surface area contributed by atoms with Crippen LogP contribution in [0, 0.1) is 0 Å². The van der Waals surface area contributed by atoms with Crippen molar-refractivity contribution in [3.63, 3.8) is 0 Å². The van der Waals surface area contributed by atoms with E-state index in [0.29, 0.717) is 0 Å². The molecule has 1 aliphatic rings. The number of nitrogens with zero attached hydrogens (tertiary/aromatic N) is 2. The van der Waals surface area contributed by atoms with Gasteiger partial charge in [-0.15, -0.1) is 11.8 Å². The van der Waals surface area contributed by atoms with E-state index in [1.165, 1.54) is 11.3 Å². The molecule has 0 aromatic heterocycles. The lowest BCUT2D eigenvalue weighted by Crippen LogP contribution is -2.38. The van der Waals surface area contributed by atoms with Crippen molar-refractivity contribution in [2.75, 3.05) is 58.2 Å². The second kappa shape index (κ2) is 13.0. The lowest BCUT2D eigenvalue weighted by molar-refractivity contribution is 0.0373. The van der Waals surface area contributed by atoms with E-state index in [1.54, 1.807) is 0 Å². The van der Waals surface area contributed by atoms with Crippen LogP contribution in [-0.4, -0.2) is 69.1 Å². The molecular weight excluding hydrogens is 332 g/mol. The SMILES string of the molecule is CCNC(=NCCCCN1CCOCC1)NCCSc1ccccc1. The smallest absolute Gasteiger partial charge is 0.191 e. The van der Waals surface area contributed by atoms with Crippen LogP contribution in [0.3, 0.4) is 0 Å². The third-order valence-electron chi connectivity index (χ3n) is 4.01. The van der Waals surface area contributed by atoms with Crippen LogP contribution in [0.2, 0.25) is 0 Å². The number of morpholine rings is 1. The summed E-state index contributed by atoms with van der Waals surface area (Å²) in [5, 5.41) is 6.75. The zero-order valence-electron chi connectivity index (χ0n) is 15.4. The van der Waals surface area contributed by atoms with E-state index >= 15 is 0 Å². The molecule has 25 heavy (non-hydrogen) atoms. The van der Waals surface area contributed by atoms with Gasteiger partial charge < -0.3 is 15.4 Å². The molecule has 1 aliphatic heterocycles. The Morgan fingerprint density at radius 2 is 1.96 bits per heavy atom. The first kappa shape index (κ1) is 20.1. The zero-order chi connectivity index (χ0) is 17.6. The third kappa shape index (κ3) is 9.14. The Balaban J connectivity index is 1.57. The number of thioether (sulfide) groups is 1. The first-order valence-corrected chi connectivity index (χ1v) is 10.4. The minimum Gasteiger partial charge on any atom is -0.379 e. The fourth-order valence-electron chi connectivity index (χ4n) is 2.66. The van der Waals surface area contributed by atoms with Gasteiger partial charge >= 0.3 is 0 Å². The second-order valence-corrected chi connectivity index (χ2v) is 7.18. The molecule has 5 nitrogen and oxygen atoms in total. The molecule has 0 atom stereocenters. The van der Waals surface area contributed by atoms with Gasteiger partial charge in [-0.2, -0.15) is 0 Å². The van der Waals surface area contributed by atoms with Crippen LogP contribution >= 0.6 is 11.8 Å². The molecule has 0 amide bonds. The summed E-state index contributed by atoms with van der Waals surface area (Å²) < 4.78 is 5.38. The molecule has 0 unspecified atom stereocenters. The van der Waals surface area contributed by atoms with Gasteiger partial charge in [0.25, 0.3) is 0 Å². The third-order valence-corrected chi connectivity index (χ3v) is 5.02. The van der Waals surface area contributed by atoms with Gasteiger partial charge in [0, 0.05) is 43.4 Å². The normalized spacial score (nSPS) is 16.0. The number of unbranched alkanes of at least 4 members (excludes halogenated alkanes) is 1. The van der Waals surface area contributed by atoms with E-state index in [1.807, 2.05) is 11.8 Å². The standard InChI is InChI=1S/C19H32N4OS/c1-2-20-19(22-11-17-25-18-8-4-3-5-9-18)21-10-6-7-12-23-13-15-24-16-14-23/h3-5,8-9H,2,6-7,10-17H2,1H3,(H2,20,21,22). The average molecular weight is 365 g/mol. The topological polar surface area (TPSA) is 48.9 Å². The minimum atomic E-state index is 0.880. The first-order valence-electron chi connectivity index (χ1n) is 9.38. The van der Waals surface area contributed by atoms with Gasteiger partial charge in [-0.3, -0.25) is 9.89 Å². The van der Waals surface area contributed by atoms with Crippen molar-refractivity contribution in [3.05, 3.63) is 30.3 Å². The van der Waals surface area contributed by atoms with E-state index in [9.17, 15) is 0 Å². The molecule has 6 heteroatoms. The largest absolute Gasteiger partial charge is 0.379 e. The fourth-order valence-corrected chi connectivity index (χ4v) is 3.45. The number of hydrogen-bond donors (Lipinski definition) is 2. The molecule has 0 spiro atoms. The Labute approximate surface area is 156 Å². The average Bonchev–Trinajstić information content (AvgIpc) is 2.66. The maximum atomic E-state index is 5.38. The predicted molar refractivity (Wildman–Crippen MR) is 108 cm³/mol. The summed E-state index contributed by atoms with van der Waals surface area (Å²) in [5.74, 6) is 1.97. The van der Waals surface area contributed by atoms with Crippen molar-refractivity contribution in [1.82, 2.24) is 15.5 Å². The summed E-state index contributed by atoms with van der Waals surface area (Å²) in [7, 11) is 0. The molecule has 1 aromatic rings.